The summed E-state index contributed by atoms with van der Waals surface area (Å²) in [6.45, 7) is 7.37. The highest BCUT2D eigenvalue weighted by atomic mass is 16.5. The molecule has 1 aromatic carbocycles. The Hall–Kier alpha value is -1.51. The van der Waals surface area contributed by atoms with Gasteiger partial charge in [0.15, 0.2) is 5.78 Å². The summed E-state index contributed by atoms with van der Waals surface area (Å²) in [5, 5.41) is 0. The number of carbonyl (C=O) groups is 1. The van der Waals surface area contributed by atoms with Crippen molar-refractivity contribution < 1.29 is 9.53 Å². The van der Waals surface area contributed by atoms with Crippen molar-refractivity contribution in [3.63, 3.8) is 0 Å². The van der Waals surface area contributed by atoms with E-state index in [9.17, 15) is 4.79 Å². The van der Waals surface area contributed by atoms with Crippen molar-refractivity contribution in [3.8, 4) is 5.75 Å². The summed E-state index contributed by atoms with van der Waals surface area (Å²) < 4.78 is 5.41. The summed E-state index contributed by atoms with van der Waals surface area (Å²) in [7, 11) is 0. The average Bonchev–Trinajstić information content (AvgIpc) is 2.53. The molecule has 0 bridgehead atoms. The van der Waals surface area contributed by atoms with E-state index in [1.54, 1.807) is 0 Å². The van der Waals surface area contributed by atoms with Gasteiger partial charge < -0.3 is 9.64 Å². The Kier molecular flexibility index (Phi) is 3.09. The van der Waals surface area contributed by atoms with E-state index in [0.29, 0.717) is 25.4 Å². The van der Waals surface area contributed by atoms with Crippen molar-refractivity contribution in [2.75, 3.05) is 18.1 Å². The zero-order chi connectivity index (χ0) is 12.5. The molecule has 0 aliphatic carbocycles. The first-order valence-corrected chi connectivity index (χ1v) is 6.05. The number of ketones is 1. The predicted molar refractivity (Wildman–Crippen MR) is 68.7 cm³/mol. The SMILES string of the molecule is CCOc1ccc(N2CC(=O)CC2(C)C)cc1. The maximum Gasteiger partial charge on any atom is 0.154 e. The highest BCUT2D eigenvalue weighted by Crippen LogP contribution is 2.32. The van der Waals surface area contributed by atoms with E-state index in [-0.39, 0.29) is 5.54 Å². The van der Waals surface area contributed by atoms with Crippen LogP contribution >= 0.6 is 0 Å². The van der Waals surface area contributed by atoms with Gasteiger partial charge in [-0.1, -0.05) is 0 Å². The molecule has 0 unspecified atom stereocenters. The number of Topliss-reactive ketones (excluding diaryl/α,β-unsaturated/α-hetero) is 1. The lowest BCUT2D eigenvalue weighted by Crippen LogP contribution is -2.38. The molecule has 2 rings (SSSR count). The summed E-state index contributed by atoms with van der Waals surface area (Å²) in [6, 6.07) is 7.95. The highest BCUT2D eigenvalue weighted by molar-refractivity contribution is 5.89. The molecule has 0 amide bonds. The molecule has 3 heteroatoms. The number of rotatable bonds is 3. The van der Waals surface area contributed by atoms with E-state index >= 15 is 0 Å². The van der Waals surface area contributed by atoms with Gasteiger partial charge in [0.2, 0.25) is 0 Å². The van der Waals surface area contributed by atoms with Crippen LogP contribution in [-0.4, -0.2) is 24.5 Å². The number of anilines is 1. The maximum absolute atomic E-state index is 11.5. The van der Waals surface area contributed by atoms with Gasteiger partial charge in [0.1, 0.15) is 5.75 Å². The summed E-state index contributed by atoms with van der Waals surface area (Å²) in [6.07, 6.45) is 0.625. The molecule has 92 valence electrons. The zero-order valence-electron chi connectivity index (χ0n) is 10.7. The molecule has 1 aliphatic heterocycles. The predicted octanol–water partition coefficient (Wildman–Crippen LogP) is 2.64. The van der Waals surface area contributed by atoms with Crippen LogP contribution in [0.15, 0.2) is 24.3 Å². The smallest absolute Gasteiger partial charge is 0.154 e. The zero-order valence-corrected chi connectivity index (χ0v) is 10.7. The fourth-order valence-corrected chi connectivity index (χ4v) is 2.35. The van der Waals surface area contributed by atoms with Gasteiger partial charge >= 0.3 is 0 Å². The van der Waals surface area contributed by atoms with Gasteiger partial charge in [0, 0.05) is 17.6 Å². The van der Waals surface area contributed by atoms with Gasteiger partial charge in [0.25, 0.3) is 0 Å². The van der Waals surface area contributed by atoms with E-state index < -0.39 is 0 Å². The lowest BCUT2D eigenvalue weighted by molar-refractivity contribution is -0.116. The Balaban J connectivity index is 2.20. The Labute approximate surface area is 102 Å². The van der Waals surface area contributed by atoms with Crippen LogP contribution in [0.5, 0.6) is 5.75 Å². The number of hydrogen-bond donors (Lipinski definition) is 0. The monoisotopic (exact) mass is 233 g/mol. The van der Waals surface area contributed by atoms with Gasteiger partial charge in [-0.05, 0) is 45.0 Å². The quantitative estimate of drug-likeness (QED) is 0.803. The largest absolute Gasteiger partial charge is 0.494 e. The van der Waals surface area contributed by atoms with Gasteiger partial charge in [-0.2, -0.15) is 0 Å². The van der Waals surface area contributed by atoms with Gasteiger partial charge in [-0.3, -0.25) is 4.79 Å². The fraction of sp³-hybridized carbons (Fsp3) is 0.500. The Morgan fingerprint density at radius 3 is 2.41 bits per heavy atom. The minimum Gasteiger partial charge on any atom is -0.494 e. The molecule has 1 saturated heterocycles. The molecular weight excluding hydrogens is 214 g/mol. The maximum atomic E-state index is 11.5. The second kappa shape index (κ2) is 4.40. The van der Waals surface area contributed by atoms with Crippen LogP contribution in [-0.2, 0) is 4.79 Å². The molecule has 0 aromatic heterocycles. The van der Waals surface area contributed by atoms with Crippen LogP contribution in [0, 0.1) is 0 Å². The lowest BCUT2D eigenvalue weighted by Gasteiger charge is -2.32. The highest BCUT2D eigenvalue weighted by Gasteiger charge is 2.37. The standard InChI is InChI=1S/C14H19NO2/c1-4-17-13-7-5-11(6-8-13)15-10-12(16)9-14(15,2)3/h5-8H,4,9-10H2,1-3H3. The van der Waals surface area contributed by atoms with Crippen LogP contribution in [0.3, 0.4) is 0 Å². The molecule has 0 atom stereocenters. The third-order valence-electron chi connectivity index (χ3n) is 3.15. The van der Waals surface area contributed by atoms with E-state index in [2.05, 4.69) is 18.7 Å². The van der Waals surface area contributed by atoms with Crippen LogP contribution in [0.1, 0.15) is 27.2 Å². The van der Waals surface area contributed by atoms with Crippen molar-refractivity contribution >= 4 is 11.5 Å². The first-order chi connectivity index (χ1) is 8.03. The number of ether oxygens (including phenoxy) is 1. The van der Waals surface area contributed by atoms with E-state index in [1.807, 2.05) is 31.2 Å². The number of nitrogens with zero attached hydrogens (tertiary/aromatic N) is 1. The summed E-state index contributed by atoms with van der Waals surface area (Å²) in [5.41, 5.74) is 1.01. The van der Waals surface area contributed by atoms with Crippen molar-refractivity contribution in [1.29, 1.82) is 0 Å². The fourth-order valence-electron chi connectivity index (χ4n) is 2.35. The van der Waals surface area contributed by atoms with E-state index in [4.69, 9.17) is 4.74 Å². The first-order valence-electron chi connectivity index (χ1n) is 6.05. The third kappa shape index (κ3) is 2.43. The molecule has 17 heavy (non-hydrogen) atoms. The van der Waals surface area contributed by atoms with Crippen molar-refractivity contribution in [3.05, 3.63) is 24.3 Å². The van der Waals surface area contributed by atoms with Crippen molar-refractivity contribution in [1.82, 2.24) is 0 Å². The Bertz CT molecular complexity index is 409. The van der Waals surface area contributed by atoms with Crippen LogP contribution in [0.4, 0.5) is 5.69 Å². The number of hydrogen-bond acceptors (Lipinski definition) is 3. The second-order valence-corrected chi connectivity index (χ2v) is 5.04. The van der Waals surface area contributed by atoms with Crippen LogP contribution < -0.4 is 9.64 Å². The summed E-state index contributed by atoms with van der Waals surface area (Å²) in [4.78, 5) is 13.7. The summed E-state index contributed by atoms with van der Waals surface area (Å²) >= 11 is 0. The van der Waals surface area contributed by atoms with Gasteiger partial charge in [0.05, 0.1) is 13.2 Å². The van der Waals surface area contributed by atoms with Crippen molar-refractivity contribution in [2.45, 2.75) is 32.7 Å². The minimum atomic E-state index is -0.0792. The minimum absolute atomic E-state index is 0.0792. The molecule has 3 nitrogen and oxygen atoms in total. The van der Waals surface area contributed by atoms with Gasteiger partial charge in [-0.25, -0.2) is 0 Å². The Morgan fingerprint density at radius 2 is 1.94 bits per heavy atom. The molecular formula is C14H19NO2. The molecule has 1 aromatic rings. The average molecular weight is 233 g/mol. The Morgan fingerprint density at radius 1 is 1.29 bits per heavy atom. The molecule has 1 aliphatic rings. The van der Waals surface area contributed by atoms with Crippen LogP contribution in [0.25, 0.3) is 0 Å². The van der Waals surface area contributed by atoms with Crippen molar-refractivity contribution in [2.24, 2.45) is 0 Å². The topological polar surface area (TPSA) is 29.5 Å². The van der Waals surface area contributed by atoms with Gasteiger partial charge in [-0.15, -0.1) is 0 Å². The molecule has 0 radical (unpaired) electrons. The number of carbonyl (C=O) groups excluding carboxylic acids is 1. The van der Waals surface area contributed by atoms with E-state index in [0.717, 1.165) is 11.4 Å². The molecule has 1 heterocycles. The molecule has 0 saturated carbocycles. The third-order valence-corrected chi connectivity index (χ3v) is 3.15. The molecule has 0 spiro atoms. The lowest BCUT2D eigenvalue weighted by atomic mass is 10.0. The number of benzene rings is 1. The second-order valence-electron chi connectivity index (χ2n) is 5.04. The molecule has 0 N–H and O–H groups in total. The summed E-state index contributed by atoms with van der Waals surface area (Å²) in [5.74, 6) is 1.18. The molecule has 1 fully saturated rings. The normalized spacial score (nSPS) is 18.5. The van der Waals surface area contributed by atoms with E-state index in [1.165, 1.54) is 0 Å². The van der Waals surface area contributed by atoms with Crippen LogP contribution in [0.2, 0.25) is 0 Å². The first kappa shape index (κ1) is 12.0.